The highest BCUT2D eigenvalue weighted by atomic mass is 79.9. The Hall–Kier alpha value is -1.71. The molecule has 0 radical (unpaired) electrons. The monoisotopic (exact) mass is 327 g/mol. The van der Waals surface area contributed by atoms with Crippen LogP contribution in [0.15, 0.2) is 21.7 Å². The number of methoxy groups -OCH3 is 1. The Bertz CT molecular complexity index is 437. The fourth-order valence-electron chi connectivity index (χ4n) is 0.813. The van der Waals surface area contributed by atoms with Crippen molar-refractivity contribution in [1.82, 2.24) is 4.98 Å². The van der Waals surface area contributed by atoms with E-state index in [1.807, 2.05) is 0 Å². The van der Waals surface area contributed by atoms with E-state index in [9.17, 15) is 13.2 Å². The molecular weight excluding hydrogens is 319 g/mol. The summed E-state index contributed by atoms with van der Waals surface area (Å²) in [5, 5.41) is 0. The maximum Gasteiger partial charge on any atom is 0.449 e. The Morgan fingerprint density at radius 2 is 2.00 bits per heavy atom. The molecule has 0 saturated carbocycles. The van der Waals surface area contributed by atoms with Gasteiger partial charge in [-0.05, 0) is 28.1 Å². The molecule has 100 valence electrons. The summed E-state index contributed by atoms with van der Waals surface area (Å²) in [6, 6.07) is 2.70. The topological polar surface area (TPSA) is 108 Å². The van der Waals surface area contributed by atoms with E-state index in [1.165, 1.54) is 19.2 Å². The van der Waals surface area contributed by atoms with Gasteiger partial charge in [-0.25, -0.2) is 21.0 Å². The van der Waals surface area contributed by atoms with Gasteiger partial charge in [0.15, 0.2) is 11.6 Å². The molecule has 0 bridgehead atoms. The molecule has 1 heterocycles. The van der Waals surface area contributed by atoms with Gasteiger partial charge in [0.2, 0.25) is 5.84 Å². The average Bonchev–Trinajstić information content (AvgIpc) is 2.30. The second kappa shape index (κ2) is 6.89. The van der Waals surface area contributed by atoms with Crippen molar-refractivity contribution in [2.75, 3.05) is 7.11 Å². The summed E-state index contributed by atoms with van der Waals surface area (Å²) in [6.45, 7) is 0. The van der Waals surface area contributed by atoms with Crippen molar-refractivity contribution in [3.8, 4) is 5.75 Å². The largest absolute Gasteiger partial charge is 0.494 e. The van der Waals surface area contributed by atoms with Crippen molar-refractivity contribution in [2.45, 2.75) is 6.18 Å². The van der Waals surface area contributed by atoms with E-state index in [1.54, 1.807) is 0 Å². The molecule has 0 atom stereocenters. The highest BCUT2D eigenvalue weighted by molar-refractivity contribution is 9.10. The van der Waals surface area contributed by atoms with Crippen molar-refractivity contribution in [3.63, 3.8) is 0 Å². The number of hydrogen-bond donors (Lipinski definition) is 3. The second-order valence-corrected chi connectivity index (χ2v) is 3.41. The molecule has 0 amide bonds. The molecule has 1 aromatic heterocycles. The van der Waals surface area contributed by atoms with E-state index < -0.39 is 12.0 Å². The molecular formula is C8H9BrF3N5O. The zero-order chi connectivity index (χ0) is 14.3. The molecule has 1 rings (SSSR count). The van der Waals surface area contributed by atoms with Gasteiger partial charge in [-0.15, -0.1) is 0 Å². The Morgan fingerprint density at radius 3 is 2.39 bits per heavy atom. The summed E-state index contributed by atoms with van der Waals surface area (Å²) >= 11 is 3.02. The van der Waals surface area contributed by atoms with Crippen molar-refractivity contribution < 1.29 is 17.9 Å². The first-order valence-corrected chi connectivity index (χ1v) is 5.01. The van der Waals surface area contributed by atoms with Crippen LogP contribution in [-0.2, 0) is 0 Å². The van der Waals surface area contributed by atoms with E-state index in [0.29, 0.717) is 5.75 Å². The number of ether oxygens (including phenoxy) is 1. The van der Waals surface area contributed by atoms with Crippen LogP contribution in [0, 0.1) is 11.1 Å². The summed E-state index contributed by atoms with van der Waals surface area (Å²) in [7, 11) is 1.41. The minimum Gasteiger partial charge on any atom is -0.494 e. The molecule has 0 saturated heterocycles. The first kappa shape index (κ1) is 16.3. The van der Waals surface area contributed by atoms with Crippen LogP contribution in [0.5, 0.6) is 5.75 Å². The third kappa shape index (κ3) is 4.65. The lowest BCUT2D eigenvalue weighted by Gasteiger charge is -2.05. The molecule has 0 spiro atoms. The quantitative estimate of drug-likeness (QED) is 0.336. The smallest absolute Gasteiger partial charge is 0.449 e. The van der Waals surface area contributed by atoms with Gasteiger partial charge in [0, 0.05) is 0 Å². The molecule has 0 aromatic carbocycles. The standard InChI is InChI=1S/C8H7BrF3N3O.H2N2/c1-16-4-2-3-5(14-6(4)9)15-7(13)8(10,11)12;1-2/h2-3H,1H3,(H2,13,14,15);1-2H. The van der Waals surface area contributed by atoms with Gasteiger partial charge in [-0.3, -0.25) is 0 Å². The van der Waals surface area contributed by atoms with Crippen molar-refractivity contribution in [1.29, 1.82) is 11.1 Å². The number of hydrogen-bond acceptors (Lipinski definition) is 5. The van der Waals surface area contributed by atoms with E-state index in [2.05, 4.69) is 25.9 Å². The van der Waals surface area contributed by atoms with Crippen LogP contribution in [0.4, 0.5) is 19.0 Å². The molecule has 10 heteroatoms. The van der Waals surface area contributed by atoms with Gasteiger partial charge in [0.25, 0.3) is 0 Å². The number of nitrogens with zero attached hydrogens (tertiary/aromatic N) is 2. The first-order valence-electron chi connectivity index (χ1n) is 4.21. The third-order valence-electron chi connectivity index (χ3n) is 1.55. The highest BCUT2D eigenvalue weighted by Gasteiger charge is 2.33. The fraction of sp³-hybridized carbons (Fsp3) is 0.250. The number of nitrogens with one attached hydrogen (secondary N) is 2. The molecule has 0 aliphatic carbocycles. The zero-order valence-corrected chi connectivity index (χ0v) is 10.6. The van der Waals surface area contributed by atoms with Gasteiger partial charge in [0.05, 0.1) is 7.11 Å². The number of pyridine rings is 1. The molecule has 0 aliphatic heterocycles. The maximum atomic E-state index is 12.1. The number of amidine groups is 1. The van der Waals surface area contributed by atoms with Crippen LogP contribution in [0.2, 0.25) is 0 Å². The number of aliphatic imine (C=N–C) groups is 1. The predicted octanol–water partition coefficient (Wildman–Crippen LogP) is 3.00. The van der Waals surface area contributed by atoms with Gasteiger partial charge in [0.1, 0.15) is 4.60 Å². The lowest BCUT2D eigenvalue weighted by Crippen LogP contribution is -2.30. The summed E-state index contributed by atoms with van der Waals surface area (Å²) in [5.74, 6) is -1.20. The number of rotatable bonds is 2. The van der Waals surface area contributed by atoms with Gasteiger partial charge >= 0.3 is 6.18 Å². The van der Waals surface area contributed by atoms with Crippen LogP contribution in [0.3, 0.4) is 0 Å². The normalized spacial score (nSPS) is 11.5. The first-order chi connectivity index (χ1) is 8.34. The number of alkyl halides is 3. The van der Waals surface area contributed by atoms with Crippen molar-refractivity contribution in [2.24, 2.45) is 10.7 Å². The number of aromatic nitrogens is 1. The van der Waals surface area contributed by atoms with Crippen LogP contribution < -0.4 is 10.5 Å². The zero-order valence-electron chi connectivity index (χ0n) is 9.05. The molecule has 1 aromatic rings. The summed E-state index contributed by atoms with van der Waals surface area (Å²) in [6.07, 6.45) is -4.66. The van der Waals surface area contributed by atoms with Crippen LogP contribution in [0.25, 0.3) is 0 Å². The minimum atomic E-state index is -4.66. The molecule has 18 heavy (non-hydrogen) atoms. The predicted molar refractivity (Wildman–Crippen MR) is 61.3 cm³/mol. The van der Waals surface area contributed by atoms with Crippen LogP contribution in [-0.4, -0.2) is 24.1 Å². The van der Waals surface area contributed by atoms with E-state index in [4.69, 9.17) is 21.5 Å². The Morgan fingerprint density at radius 1 is 1.44 bits per heavy atom. The van der Waals surface area contributed by atoms with E-state index >= 15 is 0 Å². The maximum absolute atomic E-state index is 12.1. The second-order valence-electron chi connectivity index (χ2n) is 2.66. The van der Waals surface area contributed by atoms with Gasteiger partial charge in [-0.1, -0.05) is 0 Å². The molecule has 0 unspecified atom stereocenters. The fourth-order valence-corrected chi connectivity index (χ4v) is 1.29. The lowest BCUT2D eigenvalue weighted by atomic mass is 10.4. The molecule has 4 N–H and O–H groups in total. The van der Waals surface area contributed by atoms with Crippen molar-refractivity contribution in [3.05, 3.63) is 16.7 Å². The van der Waals surface area contributed by atoms with Crippen molar-refractivity contribution >= 4 is 27.6 Å². The third-order valence-corrected chi connectivity index (χ3v) is 2.11. The Labute approximate surface area is 108 Å². The van der Waals surface area contributed by atoms with E-state index in [0.717, 1.165) is 0 Å². The van der Waals surface area contributed by atoms with Crippen LogP contribution >= 0.6 is 15.9 Å². The summed E-state index contributed by atoms with van der Waals surface area (Å²) < 4.78 is 41.3. The van der Waals surface area contributed by atoms with E-state index in [-0.39, 0.29) is 10.4 Å². The Balaban J connectivity index is 0.00000137. The molecule has 6 nitrogen and oxygen atoms in total. The average molecular weight is 328 g/mol. The minimum absolute atomic E-state index is 0.150. The summed E-state index contributed by atoms with van der Waals surface area (Å²) in [4.78, 5) is 6.86. The van der Waals surface area contributed by atoms with Crippen LogP contribution in [0.1, 0.15) is 0 Å². The van der Waals surface area contributed by atoms with Gasteiger partial charge < -0.3 is 10.5 Å². The number of halogens is 4. The number of nitrogens with two attached hydrogens (primary N) is 1. The molecule has 0 fully saturated rings. The SMILES string of the molecule is COc1ccc(N=C(N)C(F)(F)F)nc1Br.N=N. The lowest BCUT2D eigenvalue weighted by molar-refractivity contribution is -0.0598. The Kier molecular flexibility index (Phi) is 6.23. The van der Waals surface area contributed by atoms with Gasteiger partial charge in [-0.2, -0.15) is 13.2 Å². The molecule has 0 aliphatic rings. The summed E-state index contributed by atoms with van der Waals surface area (Å²) in [5.41, 5.74) is 14.7. The highest BCUT2D eigenvalue weighted by Crippen LogP contribution is 2.26.